The molecular formula is C5H5ClGe. The molecular weight excluding hydrogens is 168 g/mol. The number of hydrogen-bond acceptors (Lipinski definition) is 0. The van der Waals surface area contributed by atoms with E-state index in [-0.39, 0.29) is 0 Å². The quantitative estimate of drug-likeness (QED) is 0.484. The average Bonchev–Trinajstić information content (AvgIpc) is 1.69. The second kappa shape index (κ2) is 2.48. The zero-order valence-electron chi connectivity index (χ0n) is 3.76. The molecule has 1 heterocycles. The van der Waals surface area contributed by atoms with Crippen LogP contribution in [0.15, 0.2) is 23.1 Å². The molecule has 0 fully saturated rings. The van der Waals surface area contributed by atoms with Crippen molar-refractivity contribution in [2.45, 2.75) is 0 Å². The van der Waals surface area contributed by atoms with Gasteiger partial charge in [0.05, 0.1) is 0 Å². The third-order valence-corrected chi connectivity index (χ3v) is 4.19. The Balaban J connectivity index is 2.82. The van der Waals surface area contributed by atoms with E-state index in [9.17, 15) is 0 Å². The summed E-state index contributed by atoms with van der Waals surface area (Å²) in [5.41, 5.74) is 0. The molecule has 0 atom stereocenters. The van der Waals surface area contributed by atoms with Crippen LogP contribution in [0.4, 0.5) is 0 Å². The second-order valence-electron chi connectivity index (χ2n) is 1.30. The molecule has 0 aromatic heterocycles. The van der Waals surface area contributed by atoms with Crippen LogP contribution in [0, 0.1) is 0 Å². The van der Waals surface area contributed by atoms with Crippen molar-refractivity contribution < 1.29 is 0 Å². The van der Waals surface area contributed by atoms with Crippen molar-refractivity contribution in [3.05, 3.63) is 23.1 Å². The minimum atomic E-state index is -1.24. The zero-order valence-corrected chi connectivity index (χ0v) is 6.62. The minimum absolute atomic E-state index is 1.24. The van der Waals surface area contributed by atoms with Crippen molar-refractivity contribution in [3.8, 4) is 0 Å². The Morgan fingerprint density at radius 1 is 1.14 bits per heavy atom. The van der Waals surface area contributed by atoms with Crippen LogP contribution in [0.5, 0.6) is 0 Å². The standard InChI is InChI=1S/C5H5ClGe/c6-7-4-2-1-3-5-7/h1-5H. The van der Waals surface area contributed by atoms with Crippen LogP contribution in [-0.4, -0.2) is 17.8 Å². The summed E-state index contributed by atoms with van der Waals surface area (Å²) in [5.74, 6) is 0. The fraction of sp³-hybridized carbons (Fsp3) is 0. The summed E-state index contributed by atoms with van der Waals surface area (Å²) in [7, 11) is 5.79. The molecule has 1 aliphatic heterocycles. The number of halogens is 1. The molecule has 7 heavy (non-hydrogen) atoms. The molecule has 1 rings (SSSR count). The predicted molar refractivity (Wildman–Crippen MR) is 36.0 cm³/mol. The van der Waals surface area contributed by atoms with Gasteiger partial charge in [-0.25, -0.2) is 0 Å². The van der Waals surface area contributed by atoms with E-state index >= 15 is 0 Å². The van der Waals surface area contributed by atoms with Gasteiger partial charge in [-0.15, -0.1) is 0 Å². The molecule has 0 amide bonds. The van der Waals surface area contributed by atoms with Crippen molar-refractivity contribution in [2.75, 3.05) is 0 Å². The van der Waals surface area contributed by atoms with Gasteiger partial charge in [-0.3, -0.25) is 0 Å². The molecule has 1 aliphatic rings. The Morgan fingerprint density at radius 3 is 2.29 bits per heavy atom. The van der Waals surface area contributed by atoms with E-state index in [4.69, 9.17) is 10.0 Å². The summed E-state index contributed by atoms with van der Waals surface area (Å²) in [6, 6.07) is 0. The maximum absolute atomic E-state index is 5.79. The first-order valence-corrected chi connectivity index (χ1v) is 7.28. The predicted octanol–water partition coefficient (Wildman–Crippen LogP) is 1.27. The topological polar surface area (TPSA) is 0 Å². The SMILES string of the molecule is [Cl][Ge]1=[CH]C=CC=[CH]1. The molecule has 0 saturated carbocycles. The third-order valence-electron chi connectivity index (χ3n) is 0.733. The van der Waals surface area contributed by atoms with Crippen molar-refractivity contribution in [1.82, 2.24) is 0 Å². The normalized spacial score (nSPS) is 17.0. The number of hydrogen-bond donors (Lipinski definition) is 0. The Labute approximate surface area is 51.3 Å². The summed E-state index contributed by atoms with van der Waals surface area (Å²) in [4.78, 5) is 4.20. The van der Waals surface area contributed by atoms with Crippen LogP contribution in [0.2, 0.25) is 0 Å². The van der Waals surface area contributed by atoms with Gasteiger partial charge in [0.2, 0.25) is 0 Å². The first-order chi connectivity index (χ1) is 3.39. The van der Waals surface area contributed by atoms with E-state index < -0.39 is 13.0 Å². The summed E-state index contributed by atoms with van der Waals surface area (Å²) in [6.45, 7) is 0. The maximum atomic E-state index is 5.79. The molecule has 0 aromatic rings. The van der Waals surface area contributed by atoms with Crippen molar-refractivity contribution in [1.29, 1.82) is 0 Å². The van der Waals surface area contributed by atoms with Gasteiger partial charge in [-0.1, -0.05) is 0 Å². The monoisotopic (exact) mass is 174 g/mol. The van der Waals surface area contributed by atoms with Crippen LogP contribution < -0.4 is 0 Å². The molecule has 0 unspecified atom stereocenters. The fourth-order valence-corrected chi connectivity index (χ4v) is 2.64. The van der Waals surface area contributed by atoms with Gasteiger partial charge in [0.1, 0.15) is 0 Å². The van der Waals surface area contributed by atoms with Crippen molar-refractivity contribution >= 4 is 27.8 Å². The molecule has 0 nitrogen and oxygen atoms in total. The van der Waals surface area contributed by atoms with E-state index in [0.717, 1.165) is 0 Å². The van der Waals surface area contributed by atoms with E-state index in [2.05, 4.69) is 9.76 Å². The third kappa shape index (κ3) is 1.62. The van der Waals surface area contributed by atoms with Crippen LogP contribution in [0.3, 0.4) is 0 Å². The van der Waals surface area contributed by atoms with Gasteiger partial charge in [0.25, 0.3) is 0 Å². The molecule has 0 N–H and O–H groups in total. The van der Waals surface area contributed by atoms with Crippen molar-refractivity contribution in [2.24, 2.45) is 0 Å². The number of rotatable bonds is 0. The summed E-state index contributed by atoms with van der Waals surface area (Å²) < 4.78 is 0. The fourth-order valence-electron chi connectivity index (χ4n) is 0.415. The van der Waals surface area contributed by atoms with E-state index in [0.29, 0.717) is 0 Å². The van der Waals surface area contributed by atoms with E-state index in [1.165, 1.54) is 0 Å². The van der Waals surface area contributed by atoms with Gasteiger partial charge in [-0.2, -0.15) is 0 Å². The molecule has 0 aromatic carbocycles. The molecule has 0 saturated heterocycles. The number of allylic oxidation sites excluding steroid dienone is 3. The summed E-state index contributed by atoms with van der Waals surface area (Å²) >= 11 is -1.24. The first-order valence-electron chi connectivity index (χ1n) is 2.10. The second-order valence-corrected chi connectivity index (χ2v) is 6.58. The van der Waals surface area contributed by atoms with Crippen molar-refractivity contribution in [3.63, 3.8) is 0 Å². The van der Waals surface area contributed by atoms with Crippen LogP contribution in [0.1, 0.15) is 0 Å². The van der Waals surface area contributed by atoms with Crippen LogP contribution in [-0.2, 0) is 0 Å². The van der Waals surface area contributed by atoms with Gasteiger partial charge >= 0.3 is 51.0 Å². The Bertz CT molecular complexity index is 144. The molecule has 0 bridgehead atoms. The Hall–Kier alpha value is 0.183. The molecule has 0 radical (unpaired) electrons. The summed E-state index contributed by atoms with van der Waals surface area (Å²) in [6.07, 6.45) is 6.03. The first kappa shape index (κ1) is 5.32. The van der Waals surface area contributed by atoms with Gasteiger partial charge < -0.3 is 0 Å². The Kier molecular flexibility index (Phi) is 1.89. The summed E-state index contributed by atoms with van der Waals surface area (Å²) in [5, 5.41) is 0. The van der Waals surface area contributed by atoms with Gasteiger partial charge in [-0.05, 0) is 0 Å². The van der Waals surface area contributed by atoms with Gasteiger partial charge in [0.15, 0.2) is 0 Å². The van der Waals surface area contributed by atoms with Crippen LogP contribution >= 0.6 is 10.0 Å². The van der Waals surface area contributed by atoms with Crippen LogP contribution in [0.25, 0.3) is 0 Å². The van der Waals surface area contributed by atoms with E-state index in [1.807, 2.05) is 18.2 Å². The average molecular weight is 173 g/mol. The van der Waals surface area contributed by atoms with Gasteiger partial charge in [0, 0.05) is 0 Å². The molecule has 36 valence electrons. The molecule has 0 spiro atoms. The molecule has 0 aliphatic carbocycles. The Morgan fingerprint density at radius 2 is 2.00 bits per heavy atom. The zero-order chi connectivity index (χ0) is 5.11. The van der Waals surface area contributed by atoms with E-state index in [1.54, 1.807) is 0 Å². The molecule has 2 heteroatoms.